The smallest absolute Gasteiger partial charge is 0.265 e. The minimum Gasteiger partial charge on any atom is -0.369 e. The second-order valence-corrected chi connectivity index (χ2v) is 11.2. The van der Waals surface area contributed by atoms with Crippen molar-refractivity contribution in [1.29, 1.82) is 5.26 Å². The van der Waals surface area contributed by atoms with Gasteiger partial charge in [-0.1, -0.05) is 35.9 Å². The number of nitriles is 1. The number of carbonyl (C=O) groups excluding carboxylic acids is 2. The lowest BCUT2D eigenvalue weighted by molar-refractivity contribution is -0.127. The van der Waals surface area contributed by atoms with E-state index in [0.717, 1.165) is 9.87 Å². The van der Waals surface area contributed by atoms with Gasteiger partial charge in [-0.2, -0.15) is 5.26 Å². The zero-order chi connectivity index (χ0) is 26.9. The third kappa shape index (κ3) is 5.03. The molecule has 3 aromatic carbocycles. The Hall–Kier alpha value is -3.87. The molecular formula is C27H25ClN4O4S. The molecule has 0 spiro atoms. The van der Waals surface area contributed by atoms with Crippen molar-refractivity contribution in [2.75, 3.05) is 9.62 Å². The van der Waals surface area contributed by atoms with E-state index in [1.54, 1.807) is 68.4 Å². The number of sulfonamides is 1. The quantitative estimate of drug-likeness (QED) is 0.469. The fourth-order valence-electron chi connectivity index (χ4n) is 4.52. The van der Waals surface area contributed by atoms with Crippen molar-refractivity contribution in [2.45, 2.75) is 37.6 Å². The van der Waals surface area contributed by atoms with Gasteiger partial charge in [-0.05, 0) is 79.8 Å². The molecule has 0 radical (unpaired) electrons. The van der Waals surface area contributed by atoms with Crippen LogP contribution in [0.4, 0.5) is 11.4 Å². The Kier molecular flexibility index (Phi) is 7.25. The maximum Gasteiger partial charge on any atom is 0.265 e. The number of rotatable bonds is 7. The Morgan fingerprint density at radius 3 is 2.46 bits per heavy atom. The maximum atomic E-state index is 14.2. The SMILES string of the molecule is Cc1cc(S(=O)(=O)N2c3ccccc3NC(=O)[C@H]2C(CCc2ccc(C#N)cc2)C(N)=O)c(C)cc1Cl. The Balaban J connectivity index is 1.82. The second-order valence-electron chi connectivity index (χ2n) is 8.98. The van der Waals surface area contributed by atoms with Crippen molar-refractivity contribution >= 4 is 44.8 Å². The minimum atomic E-state index is -4.33. The van der Waals surface area contributed by atoms with E-state index in [4.69, 9.17) is 22.6 Å². The summed E-state index contributed by atoms with van der Waals surface area (Å²) in [6.07, 6.45) is 0.462. The first-order valence-electron chi connectivity index (χ1n) is 11.5. The lowest BCUT2D eigenvalue weighted by Gasteiger charge is -2.40. The molecule has 3 aromatic rings. The van der Waals surface area contributed by atoms with E-state index in [1.807, 2.05) is 6.07 Å². The first-order chi connectivity index (χ1) is 17.5. The largest absolute Gasteiger partial charge is 0.369 e. The van der Waals surface area contributed by atoms with Crippen molar-refractivity contribution in [3.63, 3.8) is 0 Å². The van der Waals surface area contributed by atoms with Gasteiger partial charge in [0.05, 0.1) is 33.8 Å². The molecule has 0 aliphatic carbocycles. The fourth-order valence-corrected chi connectivity index (χ4v) is 6.70. The molecule has 1 unspecified atom stereocenters. The highest BCUT2D eigenvalue weighted by molar-refractivity contribution is 7.93. The highest BCUT2D eigenvalue weighted by Gasteiger charge is 2.47. The van der Waals surface area contributed by atoms with Gasteiger partial charge in [0, 0.05) is 5.02 Å². The van der Waals surface area contributed by atoms with Crippen LogP contribution in [0.25, 0.3) is 0 Å². The molecule has 0 bridgehead atoms. The molecule has 0 aromatic heterocycles. The highest BCUT2D eigenvalue weighted by atomic mass is 35.5. The number of fused-ring (bicyclic) bond motifs is 1. The molecule has 0 saturated carbocycles. The molecule has 4 rings (SSSR count). The van der Waals surface area contributed by atoms with Crippen LogP contribution in [-0.2, 0) is 26.0 Å². The summed E-state index contributed by atoms with van der Waals surface area (Å²) in [5, 5.41) is 12.2. The van der Waals surface area contributed by atoms with Gasteiger partial charge in [0.15, 0.2) is 0 Å². The summed E-state index contributed by atoms with van der Waals surface area (Å²) < 4.78 is 29.4. The molecule has 0 fully saturated rings. The van der Waals surface area contributed by atoms with Gasteiger partial charge in [-0.3, -0.25) is 13.9 Å². The van der Waals surface area contributed by atoms with Crippen LogP contribution < -0.4 is 15.4 Å². The first kappa shape index (κ1) is 26.2. The van der Waals surface area contributed by atoms with E-state index in [0.29, 0.717) is 33.8 Å². The molecule has 2 amide bonds. The van der Waals surface area contributed by atoms with Crippen LogP contribution in [0.3, 0.4) is 0 Å². The Morgan fingerprint density at radius 1 is 1.14 bits per heavy atom. The number of nitrogens with one attached hydrogen (secondary N) is 1. The molecular weight excluding hydrogens is 512 g/mol. The summed E-state index contributed by atoms with van der Waals surface area (Å²) >= 11 is 6.21. The number of primary amides is 1. The molecule has 10 heteroatoms. The van der Waals surface area contributed by atoms with E-state index >= 15 is 0 Å². The van der Waals surface area contributed by atoms with Crippen LogP contribution in [0.5, 0.6) is 0 Å². The van der Waals surface area contributed by atoms with Crippen LogP contribution in [0.2, 0.25) is 5.02 Å². The Bertz CT molecular complexity index is 1530. The van der Waals surface area contributed by atoms with Gasteiger partial charge in [0.25, 0.3) is 10.0 Å². The predicted octanol–water partition coefficient (Wildman–Crippen LogP) is 4.08. The lowest BCUT2D eigenvalue weighted by Crippen LogP contribution is -2.57. The van der Waals surface area contributed by atoms with Crippen LogP contribution in [0.15, 0.2) is 65.6 Å². The molecule has 190 valence electrons. The number of hydrogen-bond donors (Lipinski definition) is 2. The Morgan fingerprint density at radius 2 is 1.81 bits per heavy atom. The molecule has 3 N–H and O–H groups in total. The van der Waals surface area contributed by atoms with Crippen LogP contribution in [0, 0.1) is 31.1 Å². The van der Waals surface area contributed by atoms with Crippen molar-refractivity contribution in [2.24, 2.45) is 11.7 Å². The fraction of sp³-hybridized carbons (Fsp3) is 0.222. The number of amides is 2. The minimum absolute atomic E-state index is 0.0146. The number of aryl methyl sites for hydroxylation is 3. The summed E-state index contributed by atoms with van der Waals surface area (Å²) in [6, 6.07) is 17.0. The lowest BCUT2D eigenvalue weighted by atomic mass is 9.89. The summed E-state index contributed by atoms with van der Waals surface area (Å²) in [5.41, 5.74) is 8.61. The number of nitrogens with zero attached hydrogens (tertiary/aromatic N) is 2. The molecule has 1 heterocycles. The standard InChI is InChI=1S/C27H25ClN4O4S/c1-16-14-24(17(2)13-21(16)28)37(35,36)32-23-6-4-3-5-22(23)31-27(34)25(32)20(26(30)33)12-11-18-7-9-19(15-29)10-8-18/h3-10,13-14,20,25H,11-12H2,1-2H3,(H2,30,33)(H,31,34)/t20?,25-/m1/s1. The van der Waals surface area contributed by atoms with Crippen LogP contribution in [0.1, 0.15) is 28.7 Å². The number of hydrogen-bond acceptors (Lipinski definition) is 5. The third-order valence-corrected chi connectivity index (χ3v) is 8.83. The van der Waals surface area contributed by atoms with Crippen LogP contribution in [-0.4, -0.2) is 26.3 Å². The molecule has 37 heavy (non-hydrogen) atoms. The van der Waals surface area contributed by atoms with Gasteiger partial charge in [-0.25, -0.2) is 8.42 Å². The zero-order valence-electron chi connectivity index (χ0n) is 20.2. The number of nitrogens with two attached hydrogens (primary N) is 1. The van der Waals surface area contributed by atoms with E-state index < -0.39 is 33.8 Å². The summed E-state index contributed by atoms with van der Waals surface area (Å²) in [6.45, 7) is 3.32. The van der Waals surface area contributed by atoms with Crippen LogP contribution >= 0.6 is 11.6 Å². The second kappa shape index (κ2) is 10.2. The van der Waals surface area contributed by atoms with E-state index in [2.05, 4.69) is 5.32 Å². The van der Waals surface area contributed by atoms with Crippen molar-refractivity contribution in [3.8, 4) is 6.07 Å². The van der Waals surface area contributed by atoms with Gasteiger partial charge in [0.2, 0.25) is 11.8 Å². The summed E-state index contributed by atoms with van der Waals surface area (Å²) in [5.74, 6) is -2.57. The number of benzene rings is 3. The maximum absolute atomic E-state index is 14.2. The van der Waals surface area contributed by atoms with Gasteiger partial charge in [-0.15, -0.1) is 0 Å². The van der Waals surface area contributed by atoms with Gasteiger partial charge >= 0.3 is 0 Å². The molecule has 1 aliphatic rings. The first-order valence-corrected chi connectivity index (χ1v) is 13.4. The normalized spacial score (nSPS) is 15.9. The molecule has 1 aliphatic heterocycles. The summed E-state index contributed by atoms with van der Waals surface area (Å²) in [4.78, 5) is 26.1. The van der Waals surface area contributed by atoms with Crippen molar-refractivity contribution < 1.29 is 18.0 Å². The zero-order valence-corrected chi connectivity index (χ0v) is 21.8. The average Bonchev–Trinajstić information content (AvgIpc) is 2.86. The summed E-state index contributed by atoms with van der Waals surface area (Å²) in [7, 11) is -4.33. The monoisotopic (exact) mass is 536 g/mol. The number of carbonyl (C=O) groups is 2. The predicted molar refractivity (Wildman–Crippen MR) is 142 cm³/mol. The third-order valence-electron chi connectivity index (χ3n) is 6.49. The number of halogens is 1. The highest BCUT2D eigenvalue weighted by Crippen LogP contribution is 2.40. The van der Waals surface area contributed by atoms with E-state index in [9.17, 15) is 18.0 Å². The number of anilines is 2. The molecule has 2 atom stereocenters. The van der Waals surface area contributed by atoms with Gasteiger partial charge < -0.3 is 11.1 Å². The average molecular weight is 537 g/mol. The molecule has 8 nitrogen and oxygen atoms in total. The number of para-hydroxylation sites is 2. The van der Waals surface area contributed by atoms with Gasteiger partial charge in [0.1, 0.15) is 6.04 Å². The van der Waals surface area contributed by atoms with E-state index in [-0.39, 0.29) is 17.0 Å². The Labute approximate surface area is 220 Å². The van der Waals surface area contributed by atoms with Crippen molar-refractivity contribution in [1.82, 2.24) is 0 Å². The van der Waals surface area contributed by atoms with Crippen molar-refractivity contribution in [3.05, 3.63) is 87.9 Å². The topological polar surface area (TPSA) is 133 Å². The van der Waals surface area contributed by atoms with E-state index in [1.165, 1.54) is 6.07 Å². The molecule has 0 saturated heterocycles.